The van der Waals surface area contributed by atoms with E-state index >= 15 is 0 Å². The van der Waals surface area contributed by atoms with Gasteiger partial charge in [0.05, 0.1) is 23.6 Å². The molecule has 0 aromatic carbocycles. The van der Waals surface area contributed by atoms with Crippen molar-refractivity contribution in [3.05, 3.63) is 0 Å². The summed E-state index contributed by atoms with van der Waals surface area (Å²) in [6, 6.07) is -0.0580. The molecule has 14 heavy (non-hydrogen) atoms. The van der Waals surface area contributed by atoms with Crippen molar-refractivity contribution in [3.63, 3.8) is 0 Å². The second-order valence-corrected chi connectivity index (χ2v) is 6.43. The quantitative estimate of drug-likeness (QED) is 0.577. The van der Waals surface area contributed by atoms with Gasteiger partial charge in [-0.15, -0.1) is 0 Å². The van der Waals surface area contributed by atoms with Crippen molar-refractivity contribution in [2.24, 2.45) is 0 Å². The Labute approximate surface area is 88.9 Å². The lowest BCUT2D eigenvalue weighted by atomic mass is 10.2. The first-order valence-electron chi connectivity index (χ1n) is 4.38. The summed E-state index contributed by atoms with van der Waals surface area (Å²) >= 11 is 5.12. The molecule has 0 spiro atoms. The number of thiocarbonyl (C=S) groups is 1. The molecule has 7 heteroatoms. The molecule has 5 nitrogen and oxygen atoms in total. The molecule has 2 unspecified atom stereocenters. The van der Waals surface area contributed by atoms with Gasteiger partial charge in [0.1, 0.15) is 0 Å². The van der Waals surface area contributed by atoms with Gasteiger partial charge in [-0.05, 0) is 12.2 Å². The SMILES string of the molecule is CN(C)N1C(=S)NC2CS(=O)(=O)CC21. The molecule has 0 aromatic rings. The predicted octanol–water partition coefficient (Wildman–Crippen LogP) is -1.18. The average Bonchev–Trinajstić information content (AvgIpc) is 2.37. The van der Waals surface area contributed by atoms with Gasteiger partial charge in [0, 0.05) is 14.1 Å². The van der Waals surface area contributed by atoms with Crippen LogP contribution in [0.25, 0.3) is 0 Å². The van der Waals surface area contributed by atoms with Crippen LogP contribution < -0.4 is 5.32 Å². The fourth-order valence-electron chi connectivity index (χ4n) is 2.06. The van der Waals surface area contributed by atoms with Gasteiger partial charge in [-0.2, -0.15) is 0 Å². The van der Waals surface area contributed by atoms with E-state index in [0.29, 0.717) is 5.11 Å². The molecule has 80 valence electrons. The van der Waals surface area contributed by atoms with Crippen LogP contribution in [0.15, 0.2) is 0 Å². The first-order valence-corrected chi connectivity index (χ1v) is 6.61. The summed E-state index contributed by atoms with van der Waals surface area (Å²) in [7, 11) is 0.839. The van der Waals surface area contributed by atoms with Gasteiger partial charge >= 0.3 is 0 Å². The maximum Gasteiger partial charge on any atom is 0.184 e. The first-order chi connectivity index (χ1) is 6.41. The zero-order valence-corrected chi connectivity index (χ0v) is 9.73. The molecule has 2 aliphatic heterocycles. The highest BCUT2D eigenvalue weighted by Gasteiger charge is 2.47. The smallest absolute Gasteiger partial charge is 0.184 e. The lowest BCUT2D eigenvalue weighted by molar-refractivity contribution is 0.0871. The van der Waals surface area contributed by atoms with Crippen LogP contribution in [0, 0.1) is 0 Å². The van der Waals surface area contributed by atoms with Gasteiger partial charge in [-0.3, -0.25) is 5.01 Å². The second kappa shape index (κ2) is 3.04. The summed E-state index contributed by atoms with van der Waals surface area (Å²) in [5.41, 5.74) is 0. The number of hydrazine groups is 1. The Hall–Kier alpha value is -0.400. The summed E-state index contributed by atoms with van der Waals surface area (Å²) in [6.45, 7) is 0. The molecule has 0 amide bonds. The third-order valence-electron chi connectivity index (χ3n) is 2.58. The number of sulfone groups is 1. The number of rotatable bonds is 1. The third kappa shape index (κ3) is 1.49. The van der Waals surface area contributed by atoms with E-state index in [1.165, 1.54) is 0 Å². The third-order valence-corrected chi connectivity index (χ3v) is 4.61. The van der Waals surface area contributed by atoms with Gasteiger partial charge in [0.2, 0.25) is 0 Å². The lowest BCUT2D eigenvalue weighted by Gasteiger charge is -2.29. The van der Waals surface area contributed by atoms with E-state index in [0.717, 1.165) is 0 Å². The highest BCUT2D eigenvalue weighted by molar-refractivity contribution is 7.91. The molecule has 2 aliphatic rings. The number of hydrogen-bond acceptors (Lipinski definition) is 4. The van der Waals surface area contributed by atoms with Gasteiger partial charge < -0.3 is 5.32 Å². The maximum atomic E-state index is 11.4. The lowest BCUT2D eigenvalue weighted by Crippen LogP contribution is -2.45. The Morgan fingerprint density at radius 3 is 2.71 bits per heavy atom. The normalized spacial score (nSPS) is 34.8. The molecule has 2 fully saturated rings. The van der Waals surface area contributed by atoms with Gasteiger partial charge in [-0.1, -0.05) is 0 Å². The number of hydrogen-bond donors (Lipinski definition) is 1. The van der Waals surface area contributed by atoms with Gasteiger partial charge in [0.25, 0.3) is 0 Å². The van der Waals surface area contributed by atoms with E-state index in [1.54, 1.807) is 0 Å². The van der Waals surface area contributed by atoms with Crippen molar-refractivity contribution in [2.45, 2.75) is 12.1 Å². The van der Waals surface area contributed by atoms with E-state index in [2.05, 4.69) is 5.32 Å². The van der Waals surface area contributed by atoms with Crippen LogP contribution in [-0.2, 0) is 9.84 Å². The van der Waals surface area contributed by atoms with Gasteiger partial charge in [0.15, 0.2) is 14.9 Å². The van der Waals surface area contributed by atoms with Crippen molar-refractivity contribution in [3.8, 4) is 0 Å². The van der Waals surface area contributed by atoms with Gasteiger partial charge in [-0.25, -0.2) is 13.4 Å². The molecule has 1 N–H and O–H groups in total. The molecule has 0 aliphatic carbocycles. The zero-order valence-electron chi connectivity index (χ0n) is 8.10. The van der Waals surface area contributed by atoms with Crippen molar-refractivity contribution in [1.29, 1.82) is 0 Å². The van der Waals surface area contributed by atoms with E-state index < -0.39 is 9.84 Å². The Balaban J connectivity index is 2.26. The summed E-state index contributed by atoms with van der Waals surface area (Å²) < 4.78 is 22.8. The van der Waals surface area contributed by atoms with Crippen LogP contribution >= 0.6 is 12.2 Å². The summed E-state index contributed by atoms with van der Waals surface area (Å²) in [5.74, 6) is 0.394. The number of nitrogens with one attached hydrogen (secondary N) is 1. The predicted molar refractivity (Wildman–Crippen MR) is 57.5 cm³/mol. The average molecular weight is 235 g/mol. The van der Waals surface area contributed by atoms with E-state index in [1.807, 2.05) is 24.1 Å². The molecule has 0 bridgehead atoms. The van der Waals surface area contributed by atoms with E-state index in [4.69, 9.17) is 12.2 Å². The first kappa shape index (κ1) is 10.1. The fourth-order valence-corrected chi connectivity index (χ4v) is 4.39. The summed E-state index contributed by atoms with van der Waals surface area (Å²) in [5, 5.41) is 7.34. The Kier molecular flexibility index (Phi) is 2.20. The highest BCUT2D eigenvalue weighted by Crippen LogP contribution is 2.24. The fraction of sp³-hybridized carbons (Fsp3) is 0.857. The molecule has 0 saturated carbocycles. The largest absolute Gasteiger partial charge is 0.356 e. The minimum absolute atomic E-state index is 0.0255. The minimum atomic E-state index is -2.89. The topological polar surface area (TPSA) is 52.6 Å². The molecule has 2 saturated heterocycles. The van der Waals surface area contributed by atoms with E-state index in [9.17, 15) is 8.42 Å². The van der Waals surface area contributed by atoms with Crippen LogP contribution in [-0.4, -0.2) is 61.2 Å². The van der Waals surface area contributed by atoms with Crippen LogP contribution in [0.2, 0.25) is 0 Å². The number of nitrogens with zero attached hydrogens (tertiary/aromatic N) is 2. The van der Waals surface area contributed by atoms with Crippen LogP contribution in [0.5, 0.6) is 0 Å². The standard InChI is InChI=1S/C7H13N3O2S2/c1-9(2)10-6-4-14(11,12)3-5(6)8-7(10)13/h5-6H,3-4H2,1-2H3,(H,8,13). The zero-order chi connectivity index (χ0) is 10.5. The summed E-state index contributed by atoms with van der Waals surface area (Å²) in [6.07, 6.45) is 0. The monoisotopic (exact) mass is 235 g/mol. The molecule has 0 aromatic heterocycles. The van der Waals surface area contributed by atoms with Crippen LogP contribution in [0.4, 0.5) is 0 Å². The molecular formula is C7H13N3O2S2. The van der Waals surface area contributed by atoms with Crippen LogP contribution in [0.1, 0.15) is 0 Å². The molecular weight excluding hydrogens is 222 g/mol. The van der Waals surface area contributed by atoms with E-state index in [-0.39, 0.29) is 23.6 Å². The van der Waals surface area contributed by atoms with Crippen molar-refractivity contribution in [2.75, 3.05) is 25.6 Å². The molecule has 2 heterocycles. The van der Waals surface area contributed by atoms with Crippen molar-refractivity contribution >= 4 is 27.2 Å². The molecule has 0 radical (unpaired) electrons. The van der Waals surface area contributed by atoms with Crippen molar-refractivity contribution < 1.29 is 8.42 Å². The number of fused-ring (bicyclic) bond motifs is 1. The molecule has 2 rings (SSSR count). The van der Waals surface area contributed by atoms with Crippen molar-refractivity contribution in [1.82, 2.24) is 15.3 Å². The molecule has 2 atom stereocenters. The Morgan fingerprint density at radius 1 is 1.50 bits per heavy atom. The maximum absolute atomic E-state index is 11.4. The van der Waals surface area contributed by atoms with Crippen LogP contribution in [0.3, 0.4) is 0 Å². The summed E-state index contributed by atoms with van der Waals surface area (Å²) in [4.78, 5) is 0. The minimum Gasteiger partial charge on any atom is -0.356 e. The Morgan fingerprint density at radius 2 is 2.14 bits per heavy atom. The second-order valence-electron chi connectivity index (χ2n) is 3.89. The highest BCUT2D eigenvalue weighted by atomic mass is 32.2. The Bertz CT molecular complexity index is 365.